The van der Waals surface area contributed by atoms with Crippen LogP contribution in [0, 0.1) is 11.6 Å². The van der Waals surface area contributed by atoms with Crippen molar-refractivity contribution in [3.63, 3.8) is 0 Å². The zero-order valence-electron chi connectivity index (χ0n) is 8.95. The maximum atomic E-state index is 13.3. The first-order valence-electron chi connectivity index (χ1n) is 5.12. The van der Waals surface area contributed by atoms with Crippen LogP contribution in [0.25, 0.3) is 0 Å². The van der Waals surface area contributed by atoms with E-state index in [1.807, 2.05) is 16.8 Å². The van der Waals surface area contributed by atoms with Crippen molar-refractivity contribution in [1.82, 2.24) is 0 Å². The maximum Gasteiger partial charge on any atom is 0.141 e. The molecule has 1 nitrogen and oxygen atoms in total. The predicted molar refractivity (Wildman–Crippen MR) is 63.1 cm³/mol. The summed E-state index contributed by atoms with van der Waals surface area (Å²) in [6.07, 6.45) is 0.294. The third-order valence-electron chi connectivity index (χ3n) is 2.38. The van der Waals surface area contributed by atoms with E-state index in [4.69, 9.17) is 0 Å². The van der Waals surface area contributed by atoms with Crippen LogP contribution in [-0.2, 0) is 17.6 Å². The molecule has 0 saturated carbocycles. The van der Waals surface area contributed by atoms with Gasteiger partial charge in [-0.1, -0.05) is 6.07 Å². The molecule has 0 aliphatic heterocycles. The molecule has 4 heteroatoms. The SMILES string of the molecule is O=C(Cc1ccsc1)Cc1ccc(F)cc1F. The fourth-order valence-corrected chi connectivity index (χ4v) is 2.23. The summed E-state index contributed by atoms with van der Waals surface area (Å²) < 4.78 is 26.0. The molecule has 0 aliphatic carbocycles. The zero-order valence-corrected chi connectivity index (χ0v) is 9.77. The average Bonchev–Trinajstić information content (AvgIpc) is 2.75. The molecule has 17 heavy (non-hydrogen) atoms. The highest BCUT2D eigenvalue weighted by Crippen LogP contribution is 2.13. The minimum atomic E-state index is -0.663. The van der Waals surface area contributed by atoms with Crippen molar-refractivity contribution in [3.8, 4) is 0 Å². The Balaban J connectivity index is 2.03. The molecule has 0 atom stereocenters. The van der Waals surface area contributed by atoms with Crippen molar-refractivity contribution in [3.05, 3.63) is 57.8 Å². The van der Waals surface area contributed by atoms with Gasteiger partial charge >= 0.3 is 0 Å². The Morgan fingerprint density at radius 2 is 2.00 bits per heavy atom. The second kappa shape index (κ2) is 5.19. The van der Waals surface area contributed by atoms with Gasteiger partial charge in [-0.15, -0.1) is 0 Å². The summed E-state index contributed by atoms with van der Waals surface area (Å²) >= 11 is 1.52. The highest BCUT2D eigenvalue weighted by atomic mass is 32.1. The van der Waals surface area contributed by atoms with Gasteiger partial charge in [-0.2, -0.15) is 11.3 Å². The predicted octanol–water partition coefficient (Wildman–Crippen LogP) is 3.38. The lowest BCUT2D eigenvalue weighted by Gasteiger charge is -2.02. The molecular weight excluding hydrogens is 242 g/mol. The molecule has 1 aromatic heterocycles. The lowest BCUT2D eigenvalue weighted by molar-refractivity contribution is -0.117. The highest BCUT2D eigenvalue weighted by Gasteiger charge is 2.10. The summed E-state index contributed by atoms with van der Waals surface area (Å²) in [6, 6.07) is 5.14. The summed E-state index contributed by atoms with van der Waals surface area (Å²) in [5.41, 5.74) is 1.18. The molecule has 0 amide bonds. The molecular formula is C13H10F2OS. The number of Topliss-reactive ketones (excluding diaryl/α,β-unsaturated/α-hetero) is 1. The Kier molecular flexibility index (Phi) is 3.64. The second-order valence-electron chi connectivity index (χ2n) is 3.76. The smallest absolute Gasteiger partial charge is 0.141 e. The first-order valence-corrected chi connectivity index (χ1v) is 6.06. The van der Waals surface area contributed by atoms with Crippen LogP contribution in [-0.4, -0.2) is 5.78 Å². The first-order chi connectivity index (χ1) is 8.15. The van der Waals surface area contributed by atoms with Crippen molar-refractivity contribution in [1.29, 1.82) is 0 Å². The number of ketones is 1. The summed E-state index contributed by atoms with van der Waals surface area (Å²) in [4.78, 5) is 11.7. The van der Waals surface area contributed by atoms with Crippen LogP contribution in [0.5, 0.6) is 0 Å². The Morgan fingerprint density at radius 3 is 2.65 bits per heavy atom. The van der Waals surface area contributed by atoms with Crippen molar-refractivity contribution >= 4 is 17.1 Å². The Morgan fingerprint density at radius 1 is 1.18 bits per heavy atom. The maximum absolute atomic E-state index is 13.3. The average molecular weight is 252 g/mol. The highest BCUT2D eigenvalue weighted by molar-refractivity contribution is 7.07. The molecule has 0 bridgehead atoms. The molecule has 1 heterocycles. The van der Waals surface area contributed by atoms with Gasteiger partial charge in [-0.3, -0.25) is 4.79 Å². The standard InChI is InChI=1S/C13H10F2OS/c14-11-2-1-10(13(15)7-11)6-12(16)5-9-3-4-17-8-9/h1-4,7-8H,5-6H2. The number of thiophene rings is 1. The van der Waals surface area contributed by atoms with Gasteiger partial charge in [0.15, 0.2) is 0 Å². The topological polar surface area (TPSA) is 17.1 Å². The summed E-state index contributed by atoms with van der Waals surface area (Å²) in [5, 5.41) is 3.78. The van der Waals surface area contributed by atoms with Crippen LogP contribution >= 0.6 is 11.3 Å². The summed E-state index contributed by atoms with van der Waals surface area (Å²) in [7, 11) is 0. The van der Waals surface area contributed by atoms with E-state index in [0.717, 1.165) is 17.7 Å². The first kappa shape index (κ1) is 11.9. The number of hydrogen-bond acceptors (Lipinski definition) is 2. The van der Waals surface area contributed by atoms with E-state index < -0.39 is 11.6 Å². The lowest BCUT2D eigenvalue weighted by Crippen LogP contribution is -2.07. The van der Waals surface area contributed by atoms with Crippen LogP contribution in [0.15, 0.2) is 35.0 Å². The van der Waals surface area contributed by atoms with Crippen molar-refractivity contribution in [2.75, 3.05) is 0 Å². The number of carbonyl (C=O) groups excluding carboxylic acids is 1. The van der Waals surface area contributed by atoms with Gasteiger partial charge in [0, 0.05) is 18.9 Å². The minimum Gasteiger partial charge on any atom is -0.299 e. The van der Waals surface area contributed by atoms with Crippen molar-refractivity contribution in [2.24, 2.45) is 0 Å². The van der Waals surface area contributed by atoms with Crippen LogP contribution in [0.2, 0.25) is 0 Å². The van der Waals surface area contributed by atoms with Gasteiger partial charge in [0.05, 0.1) is 0 Å². The normalized spacial score (nSPS) is 10.5. The van der Waals surface area contributed by atoms with Crippen LogP contribution in [0.4, 0.5) is 8.78 Å². The molecule has 0 unspecified atom stereocenters. The van der Waals surface area contributed by atoms with E-state index in [9.17, 15) is 13.6 Å². The molecule has 0 fully saturated rings. The van der Waals surface area contributed by atoms with Gasteiger partial charge in [-0.05, 0) is 34.0 Å². The molecule has 0 radical (unpaired) electrons. The Labute approximate surface area is 102 Å². The third-order valence-corrected chi connectivity index (χ3v) is 3.12. The molecule has 0 saturated heterocycles. The molecule has 2 aromatic rings. The molecule has 88 valence electrons. The lowest BCUT2D eigenvalue weighted by atomic mass is 10.0. The van der Waals surface area contributed by atoms with Gasteiger partial charge < -0.3 is 0 Å². The van der Waals surface area contributed by atoms with E-state index in [1.54, 1.807) is 0 Å². The molecule has 2 rings (SSSR count). The van der Waals surface area contributed by atoms with E-state index in [1.165, 1.54) is 17.4 Å². The van der Waals surface area contributed by atoms with E-state index >= 15 is 0 Å². The van der Waals surface area contributed by atoms with Crippen molar-refractivity contribution in [2.45, 2.75) is 12.8 Å². The van der Waals surface area contributed by atoms with Gasteiger partial charge in [0.25, 0.3) is 0 Å². The van der Waals surface area contributed by atoms with E-state index in [-0.39, 0.29) is 17.8 Å². The quantitative estimate of drug-likeness (QED) is 0.815. The fraction of sp³-hybridized carbons (Fsp3) is 0.154. The van der Waals surface area contributed by atoms with Crippen LogP contribution < -0.4 is 0 Å². The molecule has 0 N–H and O–H groups in total. The summed E-state index contributed by atoms with van der Waals surface area (Å²) in [5.74, 6) is -1.37. The van der Waals surface area contributed by atoms with E-state index in [0.29, 0.717) is 6.42 Å². The Hall–Kier alpha value is -1.55. The molecule has 0 aliphatic rings. The fourth-order valence-electron chi connectivity index (χ4n) is 1.56. The number of benzene rings is 1. The second-order valence-corrected chi connectivity index (χ2v) is 4.54. The zero-order chi connectivity index (χ0) is 12.3. The van der Waals surface area contributed by atoms with Crippen molar-refractivity contribution < 1.29 is 13.6 Å². The van der Waals surface area contributed by atoms with E-state index in [2.05, 4.69) is 0 Å². The van der Waals surface area contributed by atoms with Crippen LogP contribution in [0.3, 0.4) is 0 Å². The van der Waals surface area contributed by atoms with Gasteiger partial charge in [-0.25, -0.2) is 8.78 Å². The number of rotatable bonds is 4. The monoisotopic (exact) mass is 252 g/mol. The number of halogens is 2. The largest absolute Gasteiger partial charge is 0.299 e. The minimum absolute atomic E-state index is 0.00194. The number of hydrogen-bond donors (Lipinski definition) is 0. The summed E-state index contributed by atoms with van der Waals surface area (Å²) in [6.45, 7) is 0. The third kappa shape index (κ3) is 3.20. The number of carbonyl (C=O) groups is 1. The van der Waals surface area contributed by atoms with Gasteiger partial charge in [0.1, 0.15) is 17.4 Å². The molecule has 1 aromatic carbocycles. The van der Waals surface area contributed by atoms with Crippen LogP contribution in [0.1, 0.15) is 11.1 Å². The molecule has 0 spiro atoms. The van der Waals surface area contributed by atoms with Gasteiger partial charge in [0.2, 0.25) is 0 Å². The Bertz CT molecular complexity index is 520.